The molecule has 3 aromatic rings. The third-order valence-electron chi connectivity index (χ3n) is 5.25. The summed E-state index contributed by atoms with van der Waals surface area (Å²) in [6, 6.07) is 22.7. The molecule has 0 aliphatic carbocycles. The number of hydrogen-bond donors (Lipinski definition) is 2. The number of carbonyl (C=O) groups is 3. The van der Waals surface area contributed by atoms with Crippen molar-refractivity contribution in [1.82, 2.24) is 10.0 Å². The molecule has 0 bridgehead atoms. The normalized spacial score (nSPS) is 11.7. The van der Waals surface area contributed by atoms with Gasteiger partial charge in [0.2, 0.25) is 5.91 Å². The van der Waals surface area contributed by atoms with Crippen LogP contribution in [0.5, 0.6) is 0 Å². The van der Waals surface area contributed by atoms with Gasteiger partial charge in [0.15, 0.2) is 0 Å². The van der Waals surface area contributed by atoms with Crippen LogP contribution < -0.4 is 10.0 Å². The van der Waals surface area contributed by atoms with E-state index in [9.17, 15) is 22.8 Å². The van der Waals surface area contributed by atoms with E-state index >= 15 is 0 Å². The lowest BCUT2D eigenvalue weighted by molar-refractivity contribution is -0.147. The highest BCUT2D eigenvalue weighted by Crippen LogP contribution is 2.11. The van der Waals surface area contributed by atoms with Crippen LogP contribution in [-0.2, 0) is 42.3 Å². The molecule has 3 rings (SSSR count). The molecule has 2 N–H and O–H groups in total. The molecule has 1 atom stereocenters. The number of ether oxygens (including phenoxy) is 2. The minimum atomic E-state index is -4.08. The zero-order chi connectivity index (χ0) is 26.7. The van der Waals surface area contributed by atoms with Crippen molar-refractivity contribution in [3.63, 3.8) is 0 Å². The Bertz CT molecular complexity index is 1300. The molecule has 2 amide bonds. The van der Waals surface area contributed by atoms with E-state index in [1.807, 2.05) is 23.8 Å². The molecule has 0 aromatic heterocycles. The van der Waals surface area contributed by atoms with E-state index in [1.54, 1.807) is 60.7 Å². The Balaban J connectivity index is 1.60. The first kappa shape index (κ1) is 27.4. The van der Waals surface area contributed by atoms with Crippen LogP contribution in [0.25, 0.3) is 0 Å². The minimum absolute atomic E-state index is 0.0201. The van der Waals surface area contributed by atoms with Crippen molar-refractivity contribution in [2.45, 2.75) is 43.9 Å². The van der Waals surface area contributed by atoms with Crippen molar-refractivity contribution in [1.29, 1.82) is 0 Å². The smallest absolute Gasteiger partial charge is 0.408 e. The number of alkyl carbamates (subject to hydrolysis) is 1. The first-order chi connectivity index (χ1) is 17.7. The van der Waals surface area contributed by atoms with Gasteiger partial charge in [-0.2, -0.15) is 0 Å². The van der Waals surface area contributed by atoms with E-state index in [0.717, 1.165) is 16.7 Å². The molecule has 0 spiro atoms. The number of benzene rings is 3. The predicted octanol–water partition coefficient (Wildman–Crippen LogP) is 3.62. The van der Waals surface area contributed by atoms with Crippen molar-refractivity contribution < 1.29 is 32.3 Å². The molecule has 37 heavy (non-hydrogen) atoms. The molecule has 0 unspecified atom stereocenters. The number of amides is 2. The quantitative estimate of drug-likeness (QED) is 0.367. The topological polar surface area (TPSA) is 128 Å². The number of esters is 1. The highest BCUT2D eigenvalue weighted by molar-refractivity contribution is 7.90. The van der Waals surface area contributed by atoms with Crippen LogP contribution in [0, 0.1) is 6.92 Å². The van der Waals surface area contributed by atoms with E-state index in [2.05, 4.69) is 5.32 Å². The van der Waals surface area contributed by atoms with Gasteiger partial charge in [0.05, 0.1) is 4.90 Å². The number of rotatable bonds is 11. The summed E-state index contributed by atoms with van der Waals surface area (Å²) in [6.45, 7) is 1.75. The molecular weight excluding hydrogens is 496 g/mol. The molecule has 194 valence electrons. The summed E-state index contributed by atoms with van der Waals surface area (Å²) in [5.41, 5.74) is 2.36. The van der Waals surface area contributed by atoms with E-state index in [4.69, 9.17) is 9.47 Å². The number of hydrogen-bond acceptors (Lipinski definition) is 7. The fraction of sp³-hybridized carbons (Fsp3) is 0.222. The van der Waals surface area contributed by atoms with Gasteiger partial charge < -0.3 is 14.8 Å². The summed E-state index contributed by atoms with van der Waals surface area (Å²) < 4.78 is 37.4. The summed E-state index contributed by atoms with van der Waals surface area (Å²) in [4.78, 5) is 37.4. The number of sulfonamides is 1. The Labute approximate surface area is 215 Å². The maximum absolute atomic E-state index is 12.7. The highest BCUT2D eigenvalue weighted by Gasteiger charge is 2.25. The van der Waals surface area contributed by atoms with E-state index < -0.39 is 34.0 Å². The van der Waals surface area contributed by atoms with Crippen LogP contribution in [0.15, 0.2) is 89.8 Å². The minimum Gasteiger partial charge on any atom is -0.459 e. The van der Waals surface area contributed by atoms with Gasteiger partial charge >= 0.3 is 12.1 Å². The highest BCUT2D eigenvalue weighted by atomic mass is 32.2. The van der Waals surface area contributed by atoms with Crippen LogP contribution in [0.2, 0.25) is 0 Å². The van der Waals surface area contributed by atoms with Crippen LogP contribution in [0.3, 0.4) is 0 Å². The summed E-state index contributed by atoms with van der Waals surface area (Å²) in [6.07, 6.45) is -1.45. The second kappa shape index (κ2) is 13.2. The average Bonchev–Trinajstić information content (AvgIpc) is 2.89. The van der Waals surface area contributed by atoms with Gasteiger partial charge in [-0.15, -0.1) is 0 Å². The first-order valence-electron chi connectivity index (χ1n) is 11.5. The summed E-state index contributed by atoms with van der Waals surface area (Å²) >= 11 is 0. The maximum atomic E-state index is 12.7. The van der Waals surface area contributed by atoms with Crippen molar-refractivity contribution in [3.05, 3.63) is 102 Å². The van der Waals surface area contributed by atoms with E-state index in [1.165, 1.54) is 12.1 Å². The average molecular weight is 525 g/mol. The molecular formula is C27H28N2O7S. The van der Waals surface area contributed by atoms with Crippen LogP contribution in [-0.4, -0.2) is 32.4 Å². The Morgan fingerprint density at radius 1 is 0.784 bits per heavy atom. The molecule has 0 fully saturated rings. The van der Waals surface area contributed by atoms with Gasteiger partial charge in [0.25, 0.3) is 10.0 Å². The van der Waals surface area contributed by atoms with Gasteiger partial charge in [-0.3, -0.25) is 4.79 Å². The zero-order valence-electron chi connectivity index (χ0n) is 20.3. The Hall–Kier alpha value is -4.18. The number of carbonyl (C=O) groups excluding carboxylic acids is 3. The summed E-state index contributed by atoms with van der Waals surface area (Å²) in [5, 5.41) is 2.41. The Morgan fingerprint density at radius 3 is 1.89 bits per heavy atom. The second-order valence-corrected chi connectivity index (χ2v) is 9.91. The zero-order valence-corrected chi connectivity index (χ0v) is 21.1. The molecule has 3 aromatic carbocycles. The monoisotopic (exact) mass is 524 g/mol. The lowest BCUT2D eigenvalue weighted by Crippen LogP contribution is -2.43. The van der Waals surface area contributed by atoms with Gasteiger partial charge in [-0.1, -0.05) is 78.4 Å². The Kier molecular flexibility index (Phi) is 9.79. The molecule has 9 nitrogen and oxygen atoms in total. The van der Waals surface area contributed by atoms with Gasteiger partial charge in [0.1, 0.15) is 19.3 Å². The molecule has 0 heterocycles. The van der Waals surface area contributed by atoms with Crippen LogP contribution in [0.1, 0.15) is 29.5 Å². The number of nitrogens with one attached hydrogen (secondary N) is 2. The summed E-state index contributed by atoms with van der Waals surface area (Å²) in [7, 11) is -4.08. The molecule has 0 saturated heterocycles. The van der Waals surface area contributed by atoms with Crippen LogP contribution in [0.4, 0.5) is 4.79 Å². The van der Waals surface area contributed by atoms with Gasteiger partial charge in [-0.25, -0.2) is 22.7 Å². The molecule has 0 radical (unpaired) electrons. The molecule has 0 aliphatic heterocycles. The SMILES string of the molecule is Cc1ccc(S(=O)(=O)NC(=O)CC[C@H](NC(=O)OCc2ccccc2)C(=O)OCc2ccccc2)cc1. The van der Waals surface area contributed by atoms with Crippen molar-refractivity contribution in [2.24, 2.45) is 0 Å². The van der Waals surface area contributed by atoms with Gasteiger partial charge in [-0.05, 0) is 36.6 Å². The van der Waals surface area contributed by atoms with Crippen molar-refractivity contribution in [3.8, 4) is 0 Å². The van der Waals surface area contributed by atoms with Crippen LogP contribution >= 0.6 is 0 Å². The largest absolute Gasteiger partial charge is 0.459 e. The van der Waals surface area contributed by atoms with Crippen molar-refractivity contribution in [2.75, 3.05) is 0 Å². The molecule has 0 saturated carbocycles. The van der Waals surface area contributed by atoms with E-state index in [0.29, 0.717) is 0 Å². The molecule has 10 heteroatoms. The van der Waals surface area contributed by atoms with E-state index in [-0.39, 0.29) is 31.0 Å². The standard InChI is InChI=1S/C27H28N2O7S/c1-20-12-14-23(15-13-20)37(33,34)29-25(30)17-16-24(26(31)35-18-21-8-4-2-5-9-21)28-27(32)36-19-22-10-6-3-7-11-22/h2-15,24H,16-19H2,1H3,(H,28,32)(H,29,30)/t24-/m0/s1. The van der Waals surface area contributed by atoms with Gasteiger partial charge in [0, 0.05) is 6.42 Å². The third-order valence-corrected chi connectivity index (χ3v) is 6.64. The Morgan fingerprint density at radius 2 is 1.32 bits per heavy atom. The lowest BCUT2D eigenvalue weighted by Gasteiger charge is -2.18. The third kappa shape index (κ3) is 9.08. The lowest BCUT2D eigenvalue weighted by atomic mass is 10.1. The first-order valence-corrected chi connectivity index (χ1v) is 13.0. The fourth-order valence-electron chi connectivity index (χ4n) is 3.24. The second-order valence-electron chi connectivity index (χ2n) is 8.23. The van der Waals surface area contributed by atoms with Crippen molar-refractivity contribution >= 4 is 28.0 Å². The fourth-order valence-corrected chi connectivity index (χ4v) is 4.25. The summed E-state index contributed by atoms with van der Waals surface area (Å²) in [5.74, 6) is -1.62. The number of aryl methyl sites for hydroxylation is 1. The maximum Gasteiger partial charge on any atom is 0.408 e. The molecule has 0 aliphatic rings. The predicted molar refractivity (Wildman–Crippen MR) is 136 cm³/mol.